The monoisotopic (exact) mass is 341 g/mol. The molecular formula is C14H16ClN3O3S. The van der Waals surface area contributed by atoms with Crippen LogP contribution in [0.15, 0.2) is 33.6 Å². The van der Waals surface area contributed by atoms with Gasteiger partial charge >= 0.3 is 6.01 Å². The molecule has 1 heterocycles. The molecule has 1 N–H and O–H groups in total. The van der Waals surface area contributed by atoms with Gasteiger partial charge in [0.05, 0.1) is 6.61 Å². The predicted molar refractivity (Wildman–Crippen MR) is 85.3 cm³/mol. The number of methoxy groups -OCH3 is 1. The van der Waals surface area contributed by atoms with Crippen molar-refractivity contribution < 1.29 is 13.9 Å². The molecule has 0 fully saturated rings. The third-order valence-electron chi connectivity index (χ3n) is 2.64. The Morgan fingerprint density at radius 2 is 2.14 bits per heavy atom. The average Bonchev–Trinajstić information content (AvgIpc) is 2.94. The lowest BCUT2D eigenvalue weighted by Gasteiger charge is -2.02. The Labute approximate surface area is 137 Å². The van der Waals surface area contributed by atoms with E-state index in [0.717, 1.165) is 4.90 Å². The van der Waals surface area contributed by atoms with Gasteiger partial charge in [-0.15, -0.1) is 16.9 Å². The first-order chi connectivity index (χ1) is 10.7. The van der Waals surface area contributed by atoms with Crippen molar-refractivity contribution in [2.24, 2.45) is 0 Å². The summed E-state index contributed by atoms with van der Waals surface area (Å²) >= 11 is 7.40. The van der Waals surface area contributed by atoms with E-state index >= 15 is 0 Å². The van der Waals surface area contributed by atoms with Crippen molar-refractivity contribution in [3.05, 3.63) is 35.2 Å². The van der Waals surface area contributed by atoms with Crippen molar-refractivity contribution in [2.75, 3.05) is 24.8 Å². The van der Waals surface area contributed by atoms with Gasteiger partial charge in [0, 0.05) is 35.6 Å². The van der Waals surface area contributed by atoms with Crippen molar-refractivity contribution in [2.45, 2.75) is 17.7 Å². The van der Waals surface area contributed by atoms with Crippen LogP contribution in [0.4, 0.5) is 6.01 Å². The number of benzene rings is 1. The first kappa shape index (κ1) is 16.8. The molecule has 8 heteroatoms. The number of halogens is 1. The first-order valence-corrected chi connectivity index (χ1v) is 8.03. The van der Waals surface area contributed by atoms with Crippen molar-refractivity contribution in [3.8, 4) is 0 Å². The number of anilines is 1. The summed E-state index contributed by atoms with van der Waals surface area (Å²) in [5, 5.41) is 10.8. The molecule has 0 saturated carbocycles. The molecule has 2 aromatic rings. The second-order valence-corrected chi connectivity index (χ2v) is 5.95. The second kappa shape index (κ2) is 8.77. The lowest BCUT2D eigenvalue weighted by molar-refractivity contribution is -0.115. The van der Waals surface area contributed by atoms with Crippen molar-refractivity contribution in [1.82, 2.24) is 10.2 Å². The summed E-state index contributed by atoms with van der Waals surface area (Å²) in [6, 6.07) is 7.61. The number of aromatic nitrogens is 2. The molecule has 22 heavy (non-hydrogen) atoms. The number of thioether (sulfide) groups is 1. The quantitative estimate of drug-likeness (QED) is 0.744. The summed E-state index contributed by atoms with van der Waals surface area (Å²) in [5.41, 5.74) is 0. The molecule has 2 rings (SSSR count). The summed E-state index contributed by atoms with van der Waals surface area (Å²) in [4.78, 5) is 12.8. The van der Waals surface area contributed by atoms with Crippen LogP contribution in [0.25, 0.3) is 0 Å². The third-order valence-corrected chi connectivity index (χ3v) is 3.91. The summed E-state index contributed by atoms with van der Waals surface area (Å²) < 4.78 is 10.2. The average molecular weight is 342 g/mol. The van der Waals surface area contributed by atoms with E-state index in [4.69, 9.17) is 20.8 Å². The molecule has 0 spiro atoms. The number of ether oxygens (including phenoxy) is 1. The number of nitrogens with one attached hydrogen (secondary N) is 1. The molecule has 1 amide bonds. The van der Waals surface area contributed by atoms with Gasteiger partial charge in [0.1, 0.15) is 0 Å². The third kappa shape index (κ3) is 5.67. The zero-order valence-corrected chi connectivity index (χ0v) is 13.6. The highest BCUT2D eigenvalue weighted by atomic mass is 35.5. The molecule has 118 valence electrons. The topological polar surface area (TPSA) is 77.3 Å². The van der Waals surface area contributed by atoms with Crippen molar-refractivity contribution >= 4 is 35.3 Å². The number of carbonyl (C=O) groups excluding carboxylic acids is 1. The zero-order valence-electron chi connectivity index (χ0n) is 12.0. The maximum atomic E-state index is 11.8. The van der Waals surface area contributed by atoms with Crippen LogP contribution in [0.3, 0.4) is 0 Å². The van der Waals surface area contributed by atoms with Crippen LogP contribution < -0.4 is 5.32 Å². The van der Waals surface area contributed by atoms with E-state index in [0.29, 0.717) is 36.1 Å². The number of nitrogens with zero attached hydrogens (tertiary/aromatic N) is 2. The number of hydrogen-bond acceptors (Lipinski definition) is 6. The first-order valence-electron chi connectivity index (χ1n) is 6.67. The summed E-state index contributed by atoms with van der Waals surface area (Å²) in [5.74, 6) is 0.925. The zero-order chi connectivity index (χ0) is 15.8. The van der Waals surface area contributed by atoms with E-state index in [1.54, 1.807) is 18.9 Å². The molecule has 1 aromatic heterocycles. The van der Waals surface area contributed by atoms with E-state index < -0.39 is 0 Å². The van der Waals surface area contributed by atoms with Gasteiger partial charge in [-0.05, 0) is 24.3 Å². The Kier molecular flexibility index (Phi) is 6.70. The van der Waals surface area contributed by atoms with Gasteiger partial charge in [-0.3, -0.25) is 10.1 Å². The minimum Gasteiger partial charge on any atom is -0.408 e. The van der Waals surface area contributed by atoms with Crippen LogP contribution in [0.5, 0.6) is 0 Å². The Bertz CT molecular complexity index is 604. The smallest absolute Gasteiger partial charge is 0.322 e. The number of hydrogen-bond donors (Lipinski definition) is 1. The highest BCUT2D eigenvalue weighted by molar-refractivity contribution is 7.99. The molecule has 6 nitrogen and oxygen atoms in total. The Balaban J connectivity index is 1.71. The fraction of sp³-hybridized carbons (Fsp3) is 0.357. The van der Waals surface area contributed by atoms with Crippen molar-refractivity contribution in [3.63, 3.8) is 0 Å². The van der Waals surface area contributed by atoms with E-state index in [1.165, 1.54) is 0 Å². The highest BCUT2D eigenvalue weighted by Crippen LogP contribution is 2.21. The van der Waals surface area contributed by atoms with E-state index in [9.17, 15) is 4.79 Å². The second-order valence-electron chi connectivity index (χ2n) is 4.34. The lowest BCUT2D eigenvalue weighted by Crippen LogP contribution is -2.12. The summed E-state index contributed by atoms with van der Waals surface area (Å²) in [6.45, 7) is 0.493. The minimum atomic E-state index is -0.164. The van der Waals surface area contributed by atoms with Crippen LogP contribution in [0.2, 0.25) is 5.02 Å². The fourth-order valence-corrected chi connectivity index (χ4v) is 2.55. The van der Waals surface area contributed by atoms with Gasteiger partial charge in [-0.1, -0.05) is 16.7 Å². The molecule has 0 atom stereocenters. The molecule has 0 bridgehead atoms. The molecule has 0 aliphatic carbocycles. The largest absolute Gasteiger partial charge is 0.408 e. The van der Waals surface area contributed by atoms with E-state index in [-0.39, 0.29) is 11.9 Å². The van der Waals surface area contributed by atoms with Crippen LogP contribution in [-0.2, 0) is 16.0 Å². The molecule has 0 aliphatic rings. The van der Waals surface area contributed by atoms with Gasteiger partial charge in [0.25, 0.3) is 0 Å². The number of rotatable bonds is 8. The van der Waals surface area contributed by atoms with Crippen LogP contribution in [0, 0.1) is 0 Å². The summed E-state index contributed by atoms with van der Waals surface area (Å²) in [6.07, 6.45) is 0.870. The lowest BCUT2D eigenvalue weighted by atomic mass is 10.4. The standard InChI is InChI=1S/C14H16ClN3O3S/c1-20-8-6-13-17-18-14(21-13)16-12(19)7-9-22-11-4-2-10(15)3-5-11/h2-5H,6-9H2,1H3,(H,16,18,19). The van der Waals surface area contributed by atoms with E-state index in [1.807, 2.05) is 24.3 Å². The molecule has 0 unspecified atom stereocenters. The van der Waals surface area contributed by atoms with Gasteiger partial charge < -0.3 is 9.15 Å². The van der Waals surface area contributed by atoms with Crippen molar-refractivity contribution in [1.29, 1.82) is 0 Å². The molecule has 1 aromatic carbocycles. The normalized spacial score (nSPS) is 10.6. The SMILES string of the molecule is COCCc1nnc(NC(=O)CCSc2ccc(Cl)cc2)o1. The van der Waals surface area contributed by atoms with E-state index in [2.05, 4.69) is 15.5 Å². The Morgan fingerprint density at radius 3 is 2.86 bits per heavy atom. The van der Waals surface area contributed by atoms with Gasteiger partial charge in [-0.25, -0.2) is 0 Å². The number of amides is 1. The molecule has 0 aliphatic heterocycles. The number of carbonyl (C=O) groups is 1. The summed E-state index contributed by atoms with van der Waals surface area (Å²) in [7, 11) is 1.59. The van der Waals surface area contributed by atoms with Crippen LogP contribution >= 0.6 is 23.4 Å². The molecule has 0 saturated heterocycles. The maximum absolute atomic E-state index is 11.8. The van der Waals surface area contributed by atoms with Crippen LogP contribution in [0.1, 0.15) is 12.3 Å². The van der Waals surface area contributed by atoms with Gasteiger partial charge in [0.15, 0.2) is 0 Å². The maximum Gasteiger partial charge on any atom is 0.322 e. The Morgan fingerprint density at radius 1 is 1.36 bits per heavy atom. The highest BCUT2D eigenvalue weighted by Gasteiger charge is 2.09. The van der Waals surface area contributed by atoms with Gasteiger partial charge in [0.2, 0.25) is 11.8 Å². The molecular weight excluding hydrogens is 326 g/mol. The fourth-order valence-electron chi connectivity index (χ4n) is 1.57. The van der Waals surface area contributed by atoms with Gasteiger partial charge in [-0.2, -0.15) is 0 Å². The Hall–Kier alpha value is -1.57. The molecule has 0 radical (unpaired) electrons. The predicted octanol–water partition coefficient (Wildman–Crippen LogP) is 3.03. The van der Waals surface area contributed by atoms with Crippen LogP contribution in [-0.4, -0.2) is 35.6 Å². The minimum absolute atomic E-state index is 0.118.